The standard InChI is InChI=1S/C18H33N3O2.HI/c1-3-19-17(20-13-8-9-16(22)23-4-2)21-14-12-18(15-21)10-6-5-7-11-18;/h3-15H2,1-2H3,(H,19,20);1H. The van der Waals surface area contributed by atoms with Crippen LogP contribution in [0.1, 0.15) is 65.2 Å². The van der Waals surface area contributed by atoms with E-state index in [-0.39, 0.29) is 29.9 Å². The molecule has 0 aromatic rings. The third-order valence-electron chi connectivity index (χ3n) is 5.09. The fraction of sp³-hybridized carbons (Fsp3) is 0.889. The summed E-state index contributed by atoms with van der Waals surface area (Å²) in [6.45, 7) is 8.25. The number of esters is 1. The lowest BCUT2D eigenvalue weighted by atomic mass is 9.73. The number of likely N-dealkylation sites (tertiary alicyclic amines) is 1. The molecule has 0 radical (unpaired) electrons. The number of ether oxygens (including phenoxy) is 1. The number of hydrogen-bond donors (Lipinski definition) is 1. The summed E-state index contributed by atoms with van der Waals surface area (Å²) in [6, 6.07) is 0. The summed E-state index contributed by atoms with van der Waals surface area (Å²) in [5.41, 5.74) is 0.541. The van der Waals surface area contributed by atoms with Crippen molar-refractivity contribution in [3.8, 4) is 0 Å². The van der Waals surface area contributed by atoms with E-state index >= 15 is 0 Å². The van der Waals surface area contributed by atoms with Crippen LogP contribution < -0.4 is 5.32 Å². The van der Waals surface area contributed by atoms with Gasteiger partial charge in [-0.2, -0.15) is 0 Å². The van der Waals surface area contributed by atoms with Crippen LogP contribution in [0.4, 0.5) is 0 Å². The highest BCUT2D eigenvalue weighted by atomic mass is 127. The Hall–Kier alpha value is -0.530. The first-order valence-electron chi connectivity index (χ1n) is 9.38. The molecule has 1 heterocycles. The van der Waals surface area contributed by atoms with Gasteiger partial charge >= 0.3 is 5.97 Å². The van der Waals surface area contributed by atoms with Crippen LogP contribution >= 0.6 is 24.0 Å². The topological polar surface area (TPSA) is 53.9 Å². The zero-order valence-corrected chi connectivity index (χ0v) is 17.6. The summed E-state index contributed by atoms with van der Waals surface area (Å²) >= 11 is 0. The van der Waals surface area contributed by atoms with Crippen LogP contribution in [0.5, 0.6) is 0 Å². The molecule has 0 atom stereocenters. The van der Waals surface area contributed by atoms with Crippen molar-refractivity contribution < 1.29 is 9.53 Å². The molecule has 0 bridgehead atoms. The Kier molecular flexibility index (Phi) is 10.0. The molecule has 2 aliphatic rings. The average Bonchev–Trinajstić information content (AvgIpc) is 2.95. The Balaban J connectivity index is 0.00000288. The highest BCUT2D eigenvalue weighted by molar-refractivity contribution is 14.0. The van der Waals surface area contributed by atoms with E-state index in [1.807, 2.05) is 6.92 Å². The maximum Gasteiger partial charge on any atom is 0.305 e. The van der Waals surface area contributed by atoms with Crippen molar-refractivity contribution in [2.45, 2.75) is 65.2 Å². The molecule has 1 saturated carbocycles. The predicted octanol–water partition coefficient (Wildman–Crippen LogP) is 3.57. The zero-order chi connectivity index (χ0) is 16.5. The zero-order valence-electron chi connectivity index (χ0n) is 15.3. The SMILES string of the molecule is CCNC(=NCCCC(=O)OCC)N1CCC2(CCCCC2)C1.I. The van der Waals surface area contributed by atoms with Gasteiger partial charge in [0.25, 0.3) is 0 Å². The number of halogens is 1. The molecule has 1 spiro atoms. The lowest BCUT2D eigenvalue weighted by Gasteiger charge is -2.33. The molecule has 1 saturated heterocycles. The molecule has 0 aromatic heterocycles. The first-order valence-corrected chi connectivity index (χ1v) is 9.38. The molecule has 0 aromatic carbocycles. The van der Waals surface area contributed by atoms with Gasteiger partial charge in [0, 0.05) is 32.6 Å². The second-order valence-electron chi connectivity index (χ2n) is 6.88. The fourth-order valence-corrected chi connectivity index (χ4v) is 3.89. The molecule has 2 fully saturated rings. The van der Waals surface area contributed by atoms with E-state index in [1.54, 1.807) is 0 Å². The summed E-state index contributed by atoms with van der Waals surface area (Å²) in [4.78, 5) is 18.5. The first-order chi connectivity index (χ1) is 11.2. The van der Waals surface area contributed by atoms with Crippen LogP contribution in [-0.4, -0.2) is 49.6 Å². The summed E-state index contributed by atoms with van der Waals surface area (Å²) in [5, 5.41) is 3.42. The molecular weight excluding hydrogens is 417 g/mol. The Morgan fingerprint density at radius 3 is 2.62 bits per heavy atom. The van der Waals surface area contributed by atoms with E-state index in [2.05, 4.69) is 17.1 Å². The average molecular weight is 451 g/mol. The highest BCUT2D eigenvalue weighted by Gasteiger charge is 2.39. The van der Waals surface area contributed by atoms with Gasteiger partial charge < -0.3 is 15.0 Å². The lowest BCUT2D eigenvalue weighted by molar-refractivity contribution is -0.143. The molecule has 1 aliphatic heterocycles. The van der Waals surface area contributed by atoms with Gasteiger partial charge in [-0.25, -0.2) is 0 Å². The molecule has 24 heavy (non-hydrogen) atoms. The summed E-state index contributed by atoms with van der Waals surface area (Å²) in [6.07, 6.45) is 9.47. The van der Waals surface area contributed by atoms with Crippen molar-refractivity contribution in [2.24, 2.45) is 10.4 Å². The molecule has 6 heteroatoms. The minimum atomic E-state index is -0.116. The van der Waals surface area contributed by atoms with Crippen molar-refractivity contribution in [2.75, 3.05) is 32.8 Å². The summed E-state index contributed by atoms with van der Waals surface area (Å²) in [7, 11) is 0. The van der Waals surface area contributed by atoms with E-state index in [0.717, 1.165) is 32.0 Å². The fourth-order valence-electron chi connectivity index (χ4n) is 3.89. The van der Waals surface area contributed by atoms with E-state index in [0.29, 0.717) is 25.0 Å². The second-order valence-corrected chi connectivity index (χ2v) is 6.88. The van der Waals surface area contributed by atoms with Crippen molar-refractivity contribution in [3.05, 3.63) is 0 Å². The van der Waals surface area contributed by atoms with Crippen LogP contribution in [0.25, 0.3) is 0 Å². The molecule has 0 unspecified atom stereocenters. The van der Waals surface area contributed by atoms with Gasteiger partial charge in [0.05, 0.1) is 6.61 Å². The van der Waals surface area contributed by atoms with Crippen molar-refractivity contribution in [1.82, 2.24) is 10.2 Å². The van der Waals surface area contributed by atoms with Crippen molar-refractivity contribution >= 4 is 35.9 Å². The molecular formula is C18H34IN3O2. The Morgan fingerprint density at radius 1 is 1.21 bits per heavy atom. The van der Waals surface area contributed by atoms with Gasteiger partial charge in [-0.05, 0) is 44.9 Å². The molecule has 140 valence electrons. The predicted molar refractivity (Wildman–Crippen MR) is 109 cm³/mol. The smallest absolute Gasteiger partial charge is 0.305 e. The number of rotatable bonds is 6. The van der Waals surface area contributed by atoms with Gasteiger partial charge in [0.1, 0.15) is 0 Å². The molecule has 0 amide bonds. The third kappa shape index (κ3) is 6.41. The maximum absolute atomic E-state index is 11.4. The Labute approximate surface area is 164 Å². The second kappa shape index (κ2) is 11.2. The van der Waals surface area contributed by atoms with Gasteiger partial charge in [0.15, 0.2) is 5.96 Å². The Bertz CT molecular complexity index is 409. The minimum absolute atomic E-state index is 0. The van der Waals surface area contributed by atoms with Crippen molar-refractivity contribution in [3.63, 3.8) is 0 Å². The number of hydrogen-bond acceptors (Lipinski definition) is 3. The maximum atomic E-state index is 11.4. The number of nitrogens with zero attached hydrogens (tertiary/aromatic N) is 2. The van der Waals surface area contributed by atoms with Crippen LogP contribution in [0.2, 0.25) is 0 Å². The number of carbonyl (C=O) groups is 1. The number of carbonyl (C=O) groups excluding carboxylic acids is 1. The minimum Gasteiger partial charge on any atom is -0.466 e. The first kappa shape index (κ1) is 21.5. The quantitative estimate of drug-likeness (QED) is 0.221. The number of aliphatic imine (C=N–C) groups is 1. The van der Waals surface area contributed by atoms with Gasteiger partial charge in [-0.1, -0.05) is 19.3 Å². The van der Waals surface area contributed by atoms with E-state index in [1.165, 1.54) is 38.5 Å². The van der Waals surface area contributed by atoms with Crippen LogP contribution in [0, 0.1) is 5.41 Å². The van der Waals surface area contributed by atoms with E-state index in [4.69, 9.17) is 9.73 Å². The lowest BCUT2D eigenvalue weighted by Crippen LogP contribution is -2.41. The summed E-state index contributed by atoms with van der Waals surface area (Å²) in [5.74, 6) is 0.911. The molecule has 2 rings (SSSR count). The van der Waals surface area contributed by atoms with Crippen molar-refractivity contribution in [1.29, 1.82) is 0 Å². The monoisotopic (exact) mass is 451 g/mol. The summed E-state index contributed by atoms with van der Waals surface area (Å²) < 4.78 is 4.96. The molecule has 1 N–H and O–H groups in total. The van der Waals surface area contributed by atoms with E-state index < -0.39 is 0 Å². The van der Waals surface area contributed by atoms with Crippen LogP contribution in [0.3, 0.4) is 0 Å². The van der Waals surface area contributed by atoms with Gasteiger partial charge in [-0.15, -0.1) is 24.0 Å². The normalized spacial score (nSPS) is 19.9. The number of nitrogens with one attached hydrogen (secondary N) is 1. The molecule has 1 aliphatic carbocycles. The van der Waals surface area contributed by atoms with E-state index in [9.17, 15) is 4.79 Å². The van der Waals surface area contributed by atoms with Crippen LogP contribution in [0.15, 0.2) is 4.99 Å². The Morgan fingerprint density at radius 2 is 1.96 bits per heavy atom. The highest BCUT2D eigenvalue weighted by Crippen LogP contribution is 2.43. The molecule has 5 nitrogen and oxygen atoms in total. The van der Waals surface area contributed by atoms with Crippen LogP contribution in [-0.2, 0) is 9.53 Å². The number of guanidine groups is 1. The third-order valence-corrected chi connectivity index (χ3v) is 5.09. The largest absolute Gasteiger partial charge is 0.466 e. The van der Waals surface area contributed by atoms with Gasteiger partial charge in [-0.3, -0.25) is 9.79 Å². The van der Waals surface area contributed by atoms with Gasteiger partial charge in [0.2, 0.25) is 0 Å².